The van der Waals surface area contributed by atoms with E-state index in [0.29, 0.717) is 0 Å². The minimum absolute atomic E-state index is 0.788. The van der Waals surface area contributed by atoms with Crippen molar-refractivity contribution in [2.45, 2.75) is 0 Å². The molecule has 0 atom stereocenters. The predicted molar refractivity (Wildman–Crippen MR) is 92.6 cm³/mol. The van der Waals surface area contributed by atoms with E-state index in [2.05, 4.69) is 26.6 Å². The average molecular weight is 304 g/mol. The van der Waals surface area contributed by atoms with Gasteiger partial charge in [0.25, 0.3) is 0 Å². The van der Waals surface area contributed by atoms with Gasteiger partial charge >= 0.3 is 0 Å². The van der Waals surface area contributed by atoms with Crippen LogP contribution in [0.25, 0.3) is 21.1 Å². The number of hydrogen-bond donors (Lipinski definition) is 1. The highest BCUT2D eigenvalue weighted by Gasteiger charge is 2.01. The van der Waals surface area contributed by atoms with Crippen molar-refractivity contribution in [3.05, 3.63) is 66.4 Å². The molecule has 0 radical (unpaired) electrons. The summed E-state index contributed by atoms with van der Waals surface area (Å²) in [6.45, 7) is 0. The second-order valence-electron chi connectivity index (χ2n) is 4.77. The average Bonchev–Trinajstić information content (AvgIpc) is 2.98. The number of para-hydroxylation sites is 2. The zero-order valence-electron chi connectivity index (χ0n) is 11.6. The van der Waals surface area contributed by atoms with Crippen molar-refractivity contribution in [3.8, 4) is 0 Å². The first-order valence-electron chi connectivity index (χ1n) is 6.88. The van der Waals surface area contributed by atoms with Crippen LogP contribution in [-0.2, 0) is 0 Å². The molecule has 2 aromatic heterocycles. The van der Waals surface area contributed by atoms with E-state index in [0.717, 1.165) is 31.8 Å². The smallest absolute Gasteiger partial charge is 0.204 e. The maximum absolute atomic E-state index is 4.49. The number of thiazole rings is 1. The van der Waals surface area contributed by atoms with E-state index in [-0.39, 0.29) is 0 Å². The summed E-state index contributed by atoms with van der Waals surface area (Å²) in [7, 11) is 0. The van der Waals surface area contributed by atoms with Crippen LogP contribution in [0.5, 0.6) is 0 Å². The highest BCUT2D eigenvalue weighted by Crippen LogP contribution is 2.25. The second-order valence-corrected chi connectivity index (χ2v) is 5.80. The summed E-state index contributed by atoms with van der Waals surface area (Å²) in [5.41, 5.74) is 5.98. The lowest BCUT2D eigenvalue weighted by molar-refractivity contribution is 1.31. The molecule has 0 aliphatic rings. The van der Waals surface area contributed by atoms with Crippen molar-refractivity contribution < 1.29 is 0 Å². The molecule has 0 aliphatic heterocycles. The number of anilines is 1. The molecule has 0 saturated heterocycles. The molecule has 22 heavy (non-hydrogen) atoms. The highest BCUT2D eigenvalue weighted by atomic mass is 32.1. The molecule has 1 N–H and O–H groups in total. The summed E-state index contributed by atoms with van der Waals surface area (Å²) < 4.78 is 1.15. The second kappa shape index (κ2) is 5.54. The topological polar surface area (TPSA) is 50.2 Å². The molecular weight excluding hydrogens is 292 g/mol. The van der Waals surface area contributed by atoms with Crippen LogP contribution >= 0.6 is 11.3 Å². The molecule has 5 heteroatoms. The van der Waals surface area contributed by atoms with Gasteiger partial charge in [-0.15, -0.1) is 0 Å². The Balaban J connectivity index is 1.61. The zero-order chi connectivity index (χ0) is 14.8. The molecule has 2 heterocycles. The molecule has 4 rings (SSSR count). The van der Waals surface area contributed by atoms with Gasteiger partial charge in [0.05, 0.1) is 21.9 Å². The molecular formula is C17H12N4S. The maximum atomic E-state index is 4.49. The summed E-state index contributed by atoms with van der Waals surface area (Å²) in [4.78, 5) is 8.83. The van der Waals surface area contributed by atoms with Crippen molar-refractivity contribution in [1.29, 1.82) is 0 Å². The van der Waals surface area contributed by atoms with Crippen molar-refractivity contribution in [1.82, 2.24) is 9.97 Å². The van der Waals surface area contributed by atoms with E-state index in [9.17, 15) is 0 Å². The third kappa shape index (κ3) is 2.42. The van der Waals surface area contributed by atoms with Crippen molar-refractivity contribution in [3.63, 3.8) is 0 Å². The van der Waals surface area contributed by atoms with Crippen molar-refractivity contribution >= 4 is 43.8 Å². The summed E-state index contributed by atoms with van der Waals surface area (Å²) in [6.07, 6.45) is 3.59. The summed E-state index contributed by atoms with van der Waals surface area (Å²) in [6, 6.07) is 18.0. The van der Waals surface area contributed by atoms with Crippen molar-refractivity contribution in [2.24, 2.45) is 5.10 Å². The van der Waals surface area contributed by atoms with Gasteiger partial charge in [-0.25, -0.2) is 4.98 Å². The molecule has 2 aromatic carbocycles. The summed E-state index contributed by atoms with van der Waals surface area (Å²) >= 11 is 1.59. The van der Waals surface area contributed by atoms with E-state index in [1.807, 2.05) is 48.5 Å². The Morgan fingerprint density at radius 3 is 2.68 bits per heavy atom. The Labute approximate surface area is 131 Å². The van der Waals surface area contributed by atoms with Gasteiger partial charge in [0.2, 0.25) is 5.13 Å². The van der Waals surface area contributed by atoms with E-state index in [1.54, 1.807) is 23.7 Å². The lowest BCUT2D eigenvalue weighted by Gasteiger charge is -2.00. The van der Waals surface area contributed by atoms with E-state index >= 15 is 0 Å². The fraction of sp³-hybridized carbons (Fsp3) is 0. The largest absolute Gasteiger partial charge is 0.256 e. The van der Waals surface area contributed by atoms with E-state index in [4.69, 9.17) is 0 Å². The number of nitrogens with zero attached hydrogens (tertiary/aromatic N) is 3. The van der Waals surface area contributed by atoms with Crippen molar-refractivity contribution in [2.75, 3.05) is 5.43 Å². The monoisotopic (exact) mass is 304 g/mol. The lowest BCUT2D eigenvalue weighted by atomic mass is 10.1. The van der Waals surface area contributed by atoms with Gasteiger partial charge in [0.15, 0.2) is 0 Å². The number of rotatable bonds is 3. The normalized spacial score (nSPS) is 11.5. The number of fused-ring (bicyclic) bond motifs is 2. The van der Waals surface area contributed by atoms with E-state index in [1.165, 1.54) is 0 Å². The Hall–Kier alpha value is -2.79. The third-order valence-corrected chi connectivity index (χ3v) is 4.28. The fourth-order valence-electron chi connectivity index (χ4n) is 2.31. The van der Waals surface area contributed by atoms with Gasteiger partial charge < -0.3 is 0 Å². The van der Waals surface area contributed by atoms with Crippen LogP contribution in [0.15, 0.2) is 65.9 Å². The van der Waals surface area contributed by atoms with Gasteiger partial charge in [-0.2, -0.15) is 5.10 Å². The SMILES string of the molecule is C(=N\Nc1nc2ccccc2s1)/c1ccnc2ccccc12. The quantitative estimate of drug-likeness (QED) is 0.454. The number of pyridine rings is 1. The van der Waals surface area contributed by atoms with Gasteiger partial charge in [-0.1, -0.05) is 41.7 Å². The lowest BCUT2D eigenvalue weighted by Crippen LogP contribution is -1.91. The maximum Gasteiger partial charge on any atom is 0.204 e. The van der Waals surface area contributed by atoms with Gasteiger partial charge in [0.1, 0.15) is 0 Å². The van der Waals surface area contributed by atoms with E-state index < -0.39 is 0 Å². The number of aromatic nitrogens is 2. The molecule has 0 bridgehead atoms. The van der Waals surface area contributed by atoms with Crippen LogP contribution < -0.4 is 5.43 Å². The van der Waals surface area contributed by atoms with Crippen LogP contribution in [-0.4, -0.2) is 16.2 Å². The van der Waals surface area contributed by atoms with Crippen LogP contribution in [0.3, 0.4) is 0 Å². The molecule has 0 unspecified atom stereocenters. The third-order valence-electron chi connectivity index (χ3n) is 3.34. The fourth-order valence-corrected chi connectivity index (χ4v) is 3.12. The number of nitrogens with one attached hydrogen (secondary N) is 1. The molecule has 0 spiro atoms. The summed E-state index contributed by atoms with van der Waals surface area (Å²) in [5.74, 6) is 0. The highest BCUT2D eigenvalue weighted by molar-refractivity contribution is 7.22. The Kier molecular flexibility index (Phi) is 3.25. The van der Waals surface area contributed by atoms with Crippen LogP contribution in [0.4, 0.5) is 5.13 Å². The first kappa shape index (κ1) is 12.9. The Morgan fingerprint density at radius 2 is 1.77 bits per heavy atom. The summed E-state index contributed by atoms with van der Waals surface area (Å²) in [5, 5.41) is 6.17. The molecule has 0 saturated carbocycles. The minimum Gasteiger partial charge on any atom is -0.256 e. The minimum atomic E-state index is 0.788. The molecule has 0 amide bonds. The van der Waals surface area contributed by atoms with Crippen LogP contribution in [0.2, 0.25) is 0 Å². The number of benzene rings is 2. The van der Waals surface area contributed by atoms with Gasteiger partial charge in [-0.05, 0) is 24.3 Å². The van der Waals surface area contributed by atoms with Gasteiger partial charge in [0, 0.05) is 17.1 Å². The van der Waals surface area contributed by atoms with Gasteiger partial charge in [-0.3, -0.25) is 10.4 Å². The molecule has 0 aliphatic carbocycles. The standard InChI is InChI=1S/C17H12N4S/c1-2-6-14-13(5-1)12(9-10-18-14)11-19-21-17-20-15-7-3-4-8-16(15)22-17/h1-11H,(H,20,21)/b19-11+. The molecule has 4 aromatic rings. The number of hydrazone groups is 1. The van der Waals surface area contributed by atoms with Crippen LogP contribution in [0, 0.1) is 0 Å². The first-order valence-corrected chi connectivity index (χ1v) is 7.70. The molecule has 4 nitrogen and oxygen atoms in total. The predicted octanol–water partition coefficient (Wildman–Crippen LogP) is 4.29. The first-order chi connectivity index (χ1) is 10.9. The number of hydrogen-bond acceptors (Lipinski definition) is 5. The molecule has 0 fully saturated rings. The Bertz CT molecular complexity index is 936. The molecule has 106 valence electrons. The Morgan fingerprint density at radius 1 is 0.955 bits per heavy atom. The zero-order valence-corrected chi connectivity index (χ0v) is 12.4. The van der Waals surface area contributed by atoms with Crippen LogP contribution in [0.1, 0.15) is 5.56 Å².